The largest absolute Gasteiger partial charge is 0.493 e. The number of ether oxygens (including phenoxy) is 2. The van der Waals surface area contributed by atoms with Crippen LogP contribution in [0.2, 0.25) is 0 Å². The molecule has 0 saturated carbocycles. The van der Waals surface area contributed by atoms with Crippen LogP contribution in [0.15, 0.2) is 18.2 Å². The van der Waals surface area contributed by atoms with E-state index in [2.05, 4.69) is 5.32 Å². The molecule has 1 heterocycles. The fourth-order valence-corrected chi connectivity index (χ4v) is 2.97. The maximum absolute atomic E-state index is 12.3. The van der Waals surface area contributed by atoms with Gasteiger partial charge in [0.25, 0.3) is 0 Å². The molecule has 1 aliphatic rings. The van der Waals surface area contributed by atoms with Crippen LogP contribution in [0, 0.1) is 0 Å². The SMILES string of the molecule is CNC1CCCN(C(=O)CCC(=O)c2ccc(OC)c(OC)c2)C1. The second-order valence-corrected chi connectivity index (χ2v) is 5.96. The first-order valence-corrected chi connectivity index (χ1v) is 8.29. The van der Waals surface area contributed by atoms with Crippen LogP contribution >= 0.6 is 0 Å². The number of rotatable bonds is 7. The summed E-state index contributed by atoms with van der Waals surface area (Å²) in [5, 5.41) is 3.22. The van der Waals surface area contributed by atoms with Crippen LogP contribution in [0.1, 0.15) is 36.0 Å². The standard InChI is InChI=1S/C18H26N2O4/c1-19-14-5-4-10-20(12-14)18(22)9-7-15(21)13-6-8-16(23-2)17(11-13)24-3/h6,8,11,14,19H,4-5,7,9-10,12H2,1-3H3. The van der Waals surface area contributed by atoms with E-state index in [1.54, 1.807) is 25.3 Å². The average Bonchev–Trinajstić information content (AvgIpc) is 2.65. The molecule has 132 valence electrons. The Labute approximate surface area is 143 Å². The van der Waals surface area contributed by atoms with Crippen LogP contribution in [0.5, 0.6) is 11.5 Å². The van der Waals surface area contributed by atoms with E-state index in [1.165, 1.54) is 7.11 Å². The number of hydrogen-bond donors (Lipinski definition) is 1. The Morgan fingerprint density at radius 3 is 2.62 bits per heavy atom. The minimum Gasteiger partial charge on any atom is -0.493 e. The molecule has 1 aliphatic heterocycles. The van der Waals surface area contributed by atoms with Gasteiger partial charge in [0.1, 0.15) is 0 Å². The number of benzene rings is 1. The van der Waals surface area contributed by atoms with Gasteiger partial charge in [-0.15, -0.1) is 0 Å². The van der Waals surface area contributed by atoms with Crippen molar-refractivity contribution >= 4 is 11.7 Å². The average molecular weight is 334 g/mol. The molecule has 0 aromatic heterocycles. The van der Waals surface area contributed by atoms with Gasteiger partial charge in [-0.3, -0.25) is 9.59 Å². The maximum atomic E-state index is 12.3. The Hall–Kier alpha value is -2.08. The summed E-state index contributed by atoms with van der Waals surface area (Å²) in [4.78, 5) is 26.5. The molecule has 1 amide bonds. The normalized spacial score (nSPS) is 17.5. The fourth-order valence-electron chi connectivity index (χ4n) is 2.97. The molecule has 1 N–H and O–H groups in total. The molecule has 1 unspecified atom stereocenters. The molecule has 6 nitrogen and oxygen atoms in total. The molecular weight excluding hydrogens is 308 g/mol. The number of carbonyl (C=O) groups excluding carboxylic acids is 2. The van der Waals surface area contributed by atoms with E-state index < -0.39 is 0 Å². The maximum Gasteiger partial charge on any atom is 0.223 e. The third-order valence-corrected chi connectivity index (χ3v) is 4.45. The number of amides is 1. The number of likely N-dealkylation sites (tertiary alicyclic amines) is 1. The van der Waals surface area contributed by atoms with Crippen molar-refractivity contribution in [3.8, 4) is 11.5 Å². The van der Waals surface area contributed by atoms with Crippen LogP contribution < -0.4 is 14.8 Å². The molecule has 1 saturated heterocycles. The molecule has 0 bridgehead atoms. The first-order chi connectivity index (χ1) is 11.6. The number of nitrogens with one attached hydrogen (secondary N) is 1. The minimum atomic E-state index is -0.0634. The Kier molecular flexibility index (Phi) is 6.61. The zero-order valence-corrected chi connectivity index (χ0v) is 14.6. The second kappa shape index (κ2) is 8.68. The summed E-state index contributed by atoms with van der Waals surface area (Å²) in [6.45, 7) is 1.50. The number of Topliss-reactive ketones (excluding diaryl/α,β-unsaturated/α-hetero) is 1. The summed E-state index contributed by atoms with van der Waals surface area (Å²) >= 11 is 0. The number of piperidine rings is 1. The lowest BCUT2D eigenvalue weighted by atomic mass is 10.0. The summed E-state index contributed by atoms with van der Waals surface area (Å²) in [5.74, 6) is 1.08. The lowest BCUT2D eigenvalue weighted by Crippen LogP contribution is -2.47. The van der Waals surface area contributed by atoms with Gasteiger partial charge in [-0.1, -0.05) is 0 Å². The smallest absolute Gasteiger partial charge is 0.223 e. The molecule has 0 aliphatic carbocycles. The monoisotopic (exact) mass is 334 g/mol. The molecule has 6 heteroatoms. The fraction of sp³-hybridized carbons (Fsp3) is 0.556. The quantitative estimate of drug-likeness (QED) is 0.771. The highest BCUT2D eigenvalue weighted by Gasteiger charge is 2.23. The Balaban J connectivity index is 1.91. The predicted molar refractivity (Wildman–Crippen MR) is 91.8 cm³/mol. The van der Waals surface area contributed by atoms with E-state index >= 15 is 0 Å². The van der Waals surface area contributed by atoms with Gasteiger partial charge >= 0.3 is 0 Å². The highest BCUT2D eigenvalue weighted by Crippen LogP contribution is 2.28. The van der Waals surface area contributed by atoms with Crippen molar-refractivity contribution in [1.82, 2.24) is 10.2 Å². The third-order valence-electron chi connectivity index (χ3n) is 4.45. The topological polar surface area (TPSA) is 67.9 Å². The van der Waals surface area contributed by atoms with E-state index in [4.69, 9.17) is 9.47 Å². The van der Waals surface area contributed by atoms with Crippen molar-refractivity contribution in [2.45, 2.75) is 31.7 Å². The van der Waals surface area contributed by atoms with Crippen molar-refractivity contribution < 1.29 is 19.1 Å². The van der Waals surface area contributed by atoms with Crippen molar-refractivity contribution in [3.05, 3.63) is 23.8 Å². The van der Waals surface area contributed by atoms with Crippen molar-refractivity contribution in [2.24, 2.45) is 0 Å². The zero-order valence-electron chi connectivity index (χ0n) is 14.6. The first-order valence-electron chi connectivity index (χ1n) is 8.29. The third kappa shape index (κ3) is 4.47. The van der Waals surface area contributed by atoms with Crippen molar-refractivity contribution in [1.29, 1.82) is 0 Å². The van der Waals surface area contributed by atoms with Crippen molar-refractivity contribution in [3.63, 3.8) is 0 Å². The van der Waals surface area contributed by atoms with E-state index in [1.807, 2.05) is 11.9 Å². The number of ketones is 1. The second-order valence-electron chi connectivity index (χ2n) is 5.96. The van der Waals surface area contributed by atoms with E-state index in [-0.39, 0.29) is 24.5 Å². The number of methoxy groups -OCH3 is 2. The highest BCUT2D eigenvalue weighted by molar-refractivity contribution is 5.98. The molecule has 2 rings (SSSR count). The van der Waals surface area contributed by atoms with Gasteiger partial charge in [0.05, 0.1) is 14.2 Å². The van der Waals surface area contributed by atoms with Gasteiger partial charge < -0.3 is 19.7 Å². The Morgan fingerprint density at radius 2 is 1.96 bits per heavy atom. The molecule has 24 heavy (non-hydrogen) atoms. The summed E-state index contributed by atoms with van der Waals surface area (Å²) < 4.78 is 10.4. The van der Waals surface area contributed by atoms with E-state index in [9.17, 15) is 9.59 Å². The number of hydrogen-bond acceptors (Lipinski definition) is 5. The summed E-state index contributed by atoms with van der Waals surface area (Å²) in [6.07, 6.45) is 2.53. The summed E-state index contributed by atoms with van der Waals surface area (Å²) in [6, 6.07) is 5.41. The van der Waals surface area contributed by atoms with E-state index in [0.717, 1.165) is 25.9 Å². The molecule has 1 fully saturated rings. The molecule has 1 aromatic carbocycles. The first kappa shape index (κ1) is 18.3. The number of carbonyl (C=O) groups is 2. The predicted octanol–water partition coefficient (Wildman–Crippen LogP) is 1.88. The molecule has 1 aromatic rings. The lowest BCUT2D eigenvalue weighted by molar-refractivity contribution is -0.132. The molecule has 0 spiro atoms. The molecule has 1 atom stereocenters. The van der Waals surface area contributed by atoms with Crippen molar-refractivity contribution in [2.75, 3.05) is 34.4 Å². The van der Waals surface area contributed by atoms with Crippen LogP contribution in [0.3, 0.4) is 0 Å². The number of likely N-dealkylation sites (N-methyl/N-ethyl adjacent to an activating group) is 1. The summed E-state index contributed by atoms with van der Waals surface area (Å²) in [7, 11) is 5.00. The zero-order chi connectivity index (χ0) is 17.5. The number of nitrogens with zero attached hydrogens (tertiary/aromatic N) is 1. The van der Waals surface area contributed by atoms with Crippen LogP contribution in [0.25, 0.3) is 0 Å². The van der Waals surface area contributed by atoms with Gasteiger partial charge in [0.15, 0.2) is 17.3 Å². The van der Waals surface area contributed by atoms with Gasteiger partial charge in [0.2, 0.25) is 5.91 Å². The van der Waals surface area contributed by atoms with Gasteiger partial charge in [-0.05, 0) is 38.1 Å². The van der Waals surface area contributed by atoms with Crippen LogP contribution in [-0.2, 0) is 4.79 Å². The van der Waals surface area contributed by atoms with Gasteiger partial charge in [-0.2, -0.15) is 0 Å². The van der Waals surface area contributed by atoms with Crippen LogP contribution in [-0.4, -0.2) is 57.0 Å². The lowest BCUT2D eigenvalue weighted by Gasteiger charge is -2.32. The molecular formula is C18H26N2O4. The highest BCUT2D eigenvalue weighted by atomic mass is 16.5. The van der Waals surface area contributed by atoms with Crippen LogP contribution in [0.4, 0.5) is 0 Å². The Morgan fingerprint density at radius 1 is 1.21 bits per heavy atom. The Bertz CT molecular complexity index is 588. The van der Waals surface area contributed by atoms with E-state index in [0.29, 0.717) is 23.1 Å². The van der Waals surface area contributed by atoms with Gasteiger partial charge in [0, 0.05) is 37.5 Å². The summed E-state index contributed by atoms with van der Waals surface area (Å²) in [5.41, 5.74) is 0.534. The molecule has 0 radical (unpaired) electrons. The van der Waals surface area contributed by atoms with Gasteiger partial charge in [-0.25, -0.2) is 0 Å². The minimum absolute atomic E-state index is 0.0452.